The standard InChI is InChI=1S/C16H26N2O2/c1-14(2)10-11-17-15(19)8-9-16(20)18-12-6-4-3-5-7-13-18/h14H,4,6-13H2,1-2H3,(H,17,19). The third-order valence-corrected chi connectivity index (χ3v) is 3.32. The minimum Gasteiger partial charge on any atom is -0.356 e. The largest absolute Gasteiger partial charge is 0.356 e. The van der Waals surface area contributed by atoms with Crippen LogP contribution in [-0.4, -0.2) is 36.3 Å². The van der Waals surface area contributed by atoms with Crippen molar-refractivity contribution in [3.8, 4) is 11.8 Å². The number of rotatable bonds is 6. The van der Waals surface area contributed by atoms with Crippen molar-refractivity contribution in [2.45, 2.75) is 52.4 Å². The second-order valence-corrected chi connectivity index (χ2v) is 5.62. The molecule has 1 N–H and O–H groups in total. The van der Waals surface area contributed by atoms with Crippen LogP contribution in [0.4, 0.5) is 0 Å². The van der Waals surface area contributed by atoms with Crippen LogP contribution in [0.5, 0.6) is 0 Å². The highest BCUT2D eigenvalue weighted by Gasteiger charge is 2.14. The summed E-state index contributed by atoms with van der Waals surface area (Å²) in [5.41, 5.74) is 0. The highest BCUT2D eigenvalue weighted by molar-refractivity contribution is 5.83. The summed E-state index contributed by atoms with van der Waals surface area (Å²) in [7, 11) is 0. The Kier molecular flexibility index (Phi) is 7.79. The molecular formula is C16H26N2O2. The van der Waals surface area contributed by atoms with E-state index in [-0.39, 0.29) is 11.8 Å². The number of amides is 2. The average molecular weight is 278 g/mol. The third-order valence-electron chi connectivity index (χ3n) is 3.32. The first-order chi connectivity index (χ1) is 9.59. The van der Waals surface area contributed by atoms with Gasteiger partial charge in [0.2, 0.25) is 11.8 Å². The number of nitrogens with zero attached hydrogens (tertiary/aromatic N) is 1. The zero-order chi connectivity index (χ0) is 14.8. The number of carbonyl (C=O) groups is 2. The summed E-state index contributed by atoms with van der Waals surface area (Å²) in [4.78, 5) is 25.5. The summed E-state index contributed by atoms with van der Waals surface area (Å²) >= 11 is 0. The van der Waals surface area contributed by atoms with Crippen molar-refractivity contribution in [1.29, 1.82) is 0 Å². The van der Waals surface area contributed by atoms with E-state index in [2.05, 4.69) is 31.0 Å². The molecule has 0 bridgehead atoms. The molecule has 4 nitrogen and oxygen atoms in total. The van der Waals surface area contributed by atoms with E-state index in [1.54, 1.807) is 0 Å². The van der Waals surface area contributed by atoms with Gasteiger partial charge in [-0.25, -0.2) is 0 Å². The molecule has 1 heterocycles. The predicted octanol–water partition coefficient (Wildman–Crippen LogP) is 1.94. The molecule has 0 aromatic rings. The molecule has 0 aromatic heterocycles. The van der Waals surface area contributed by atoms with Gasteiger partial charge >= 0.3 is 0 Å². The van der Waals surface area contributed by atoms with Crippen molar-refractivity contribution in [3.05, 3.63) is 0 Å². The molecule has 0 saturated heterocycles. The lowest BCUT2D eigenvalue weighted by Crippen LogP contribution is -2.34. The Labute approximate surface area is 122 Å². The van der Waals surface area contributed by atoms with Crippen molar-refractivity contribution >= 4 is 11.8 Å². The topological polar surface area (TPSA) is 49.4 Å². The minimum absolute atomic E-state index is 0.0224. The van der Waals surface area contributed by atoms with E-state index in [9.17, 15) is 9.59 Å². The summed E-state index contributed by atoms with van der Waals surface area (Å²) < 4.78 is 0. The highest BCUT2D eigenvalue weighted by atomic mass is 16.2. The van der Waals surface area contributed by atoms with Crippen LogP contribution in [-0.2, 0) is 9.59 Å². The Morgan fingerprint density at radius 1 is 1.15 bits per heavy atom. The molecule has 0 spiro atoms. The fourth-order valence-corrected chi connectivity index (χ4v) is 2.05. The minimum atomic E-state index is -0.0224. The van der Waals surface area contributed by atoms with Gasteiger partial charge in [-0.1, -0.05) is 13.8 Å². The van der Waals surface area contributed by atoms with E-state index in [4.69, 9.17) is 0 Å². The summed E-state index contributed by atoms with van der Waals surface area (Å²) in [6, 6.07) is 0. The van der Waals surface area contributed by atoms with E-state index in [1.165, 1.54) is 0 Å². The maximum atomic E-state index is 12.0. The Morgan fingerprint density at radius 2 is 1.90 bits per heavy atom. The first-order valence-electron chi connectivity index (χ1n) is 7.60. The number of hydrogen-bond acceptors (Lipinski definition) is 2. The van der Waals surface area contributed by atoms with Gasteiger partial charge in [0, 0.05) is 45.3 Å². The number of hydrogen-bond donors (Lipinski definition) is 1. The molecule has 1 aliphatic rings. The van der Waals surface area contributed by atoms with Gasteiger partial charge < -0.3 is 10.2 Å². The summed E-state index contributed by atoms with van der Waals surface area (Å²) in [5, 5.41) is 2.86. The van der Waals surface area contributed by atoms with E-state index < -0.39 is 0 Å². The summed E-state index contributed by atoms with van der Waals surface area (Å²) in [6.07, 6.45) is 4.11. The van der Waals surface area contributed by atoms with Gasteiger partial charge in [0.25, 0.3) is 0 Å². The van der Waals surface area contributed by atoms with Crippen LogP contribution in [0.1, 0.15) is 52.4 Å². The van der Waals surface area contributed by atoms with Crippen LogP contribution in [0.2, 0.25) is 0 Å². The highest BCUT2D eigenvalue weighted by Crippen LogP contribution is 2.05. The molecule has 0 saturated carbocycles. The molecule has 1 rings (SSSR count). The van der Waals surface area contributed by atoms with Gasteiger partial charge in [0.05, 0.1) is 0 Å². The Bertz CT molecular complexity index is 380. The van der Waals surface area contributed by atoms with Crippen molar-refractivity contribution in [1.82, 2.24) is 10.2 Å². The van der Waals surface area contributed by atoms with Crippen LogP contribution in [0.15, 0.2) is 0 Å². The van der Waals surface area contributed by atoms with Crippen LogP contribution >= 0.6 is 0 Å². The van der Waals surface area contributed by atoms with E-state index in [0.717, 1.165) is 32.2 Å². The van der Waals surface area contributed by atoms with Gasteiger partial charge in [0.15, 0.2) is 0 Å². The lowest BCUT2D eigenvalue weighted by molar-refractivity contribution is -0.133. The zero-order valence-corrected chi connectivity index (χ0v) is 12.7. The zero-order valence-electron chi connectivity index (χ0n) is 12.7. The maximum Gasteiger partial charge on any atom is 0.223 e. The monoisotopic (exact) mass is 278 g/mol. The second kappa shape index (κ2) is 9.41. The van der Waals surface area contributed by atoms with Crippen molar-refractivity contribution < 1.29 is 9.59 Å². The maximum absolute atomic E-state index is 12.0. The lowest BCUT2D eigenvalue weighted by Gasteiger charge is -2.22. The predicted molar refractivity (Wildman–Crippen MR) is 79.9 cm³/mol. The van der Waals surface area contributed by atoms with Gasteiger partial charge in [-0.05, 0) is 18.8 Å². The molecule has 1 aliphatic heterocycles. The van der Waals surface area contributed by atoms with Crippen LogP contribution in [0, 0.1) is 17.8 Å². The lowest BCUT2D eigenvalue weighted by atomic mass is 10.1. The number of nitrogens with one attached hydrogen (secondary N) is 1. The quantitative estimate of drug-likeness (QED) is 0.755. The van der Waals surface area contributed by atoms with Crippen LogP contribution in [0.3, 0.4) is 0 Å². The SMILES string of the molecule is CC(C)CCNC(=O)CCC(=O)N1CCC#CCCC1. The molecule has 0 unspecified atom stereocenters. The molecule has 4 heteroatoms. The molecule has 0 aromatic carbocycles. The van der Waals surface area contributed by atoms with Crippen molar-refractivity contribution in [3.63, 3.8) is 0 Å². The van der Waals surface area contributed by atoms with Gasteiger partial charge in [0.1, 0.15) is 0 Å². The van der Waals surface area contributed by atoms with Gasteiger partial charge in [-0.2, -0.15) is 0 Å². The van der Waals surface area contributed by atoms with E-state index in [0.29, 0.717) is 31.8 Å². The first-order valence-corrected chi connectivity index (χ1v) is 7.60. The average Bonchev–Trinajstić information content (AvgIpc) is 2.35. The molecule has 0 fully saturated rings. The molecule has 20 heavy (non-hydrogen) atoms. The first kappa shape index (κ1) is 16.6. The Morgan fingerprint density at radius 3 is 2.65 bits per heavy atom. The molecule has 112 valence electrons. The molecule has 0 radical (unpaired) electrons. The van der Waals surface area contributed by atoms with Crippen LogP contribution in [0.25, 0.3) is 0 Å². The smallest absolute Gasteiger partial charge is 0.223 e. The van der Waals surface area contributed by atoms with E-state index in [1.807, 2.05) is 4.90 Å². The second-order valence-electron chi connectivity index (χ2n) is 5.62. The molecule has 0 aliphatic carbocycles. The summed E-state index contributed by atoms with van der Waals surface area (Å²) in [5.74, 6) is 6.77. The van der Waals surface area contributed by atoms with E-state index >= 15 is 0 Å². The normalized spacial score (nSPS) is 15.1. The van der Waals surface area contributed by atoms with Gasteiger partial charge in [-0.3, -0.25) is 9.59 Å². The Balaban J connectivity index is 2.21. The van der Waals surface area contributed by atoms with Crippen molar-refractivity contribution in [2.75, 3.05) is 19.6 Å². The molecule has 0 atom stereocenters. The van der Waals surface area contributed by atoms with Crippen LogP contribution < -0.4 is 5.32 Å². The molecular weight excluding hydrogens is 252 g/mol. The fourth-order valence-electron chi connectivity index (χ4n) is 2.05. The number of carbonyl (C=O) groups excluding carboxylic acids is 2. The Hall–Kier alpha value is -1.50. The fraction of sp³-hybridized carbons (Fsp3) is 0.750. The summed E-state index contributed by atoms with van der Waals surface area (Å²) in [6.45, 7) is 6.41. The third kappa shape index (κ3) is 7.18. The van der Waals surface area contributed by atoms with Gasteiger partial charge in [-0.15, -0.1) is 11.8 Å². The molecule has 2 amide bonds. The van der Waals surface area contributed by atoms with Crippen molar-refractivity contribution in [2.24, 2.45) is 5.92 Å².